The summed E-state index contributed by atoms with van der Waals surface area (Å²) in [6.07, 6.45) is 0. The lowest BCUT2D eigenvalue weighted by Gasteiger charge is -2.25. The highest BCUT2D eigenvalue weighted by Crippen LogP contribution is 2.25. The molecule has 21 heavy (non-hydrogen) atoms. The Bertz CT molecular complexity index is 560. The monoisotopic (exact) mass is 314 g/mol. The molecule has 1 aromatic rings. The largest absolute Gasteiger partial charge is 0.495 e. The van der Waals surface area contributed by atoms with Crippen LogP contribution in [0.4, 0.5) is 5.69 Å². The number of nitrogens with one attached hydrogen (secondary N) is 1. The number of hydrogen-bond donors (Lipinski definition) is 2. The molecule has 5 nitrogen and oxygen atoms in total. The molecule has 0 saturated heterocycles. The number of methoxy groups -OCH3 is 1. The van der Waals surface area contributed by atoms with Gasteiger partial charge in [0.1, 0.15) is 5.75 Å². The van der Waals surface area contributed by atoms with Gasteiger partial charge in [0, 0.05) is 6.54 Å². The molecule has 0 bridgehead atoms. The maximum Gasteiger partial charge on any atom is 0.240 e. The molecule has 3 N–H and O–H groups in total. The van der Waals surface area contributed by atoms with Crippen molar-refractivity contribution >= 4 is 15.7 Å². The van der Waals surface area contributed by atoms with Gasteiger partial charge in [0.2, 0.25) is 10.0 Å². The molecule has 0 spiro atoms. The number of anilines is 1. The van der Waals surface area contributed by atoms with E-state index in [-0.39, 0.29) is 10.8 Å². The van der Waals surface area contributed by atoms with Crippen LogP contribution in [0.1, 0.15) is 27.7 Å². The summed E-state index contributed by atoms with van der Waals surface area (Å²) in [5, 5.41) is 0. The summed E-state index contributed by atoms with van der Waals surface area (Å²) < 4.78 is 32.4. The lowest BCUT2D eigenvalue weighted by Crippen LogP contribution is -2.34. The maximum atomic E-state index is 12.3. The van der Waals surface area contributed by atoms with Gasteiger partial charge in [-0.1, -0.05) is 27.7 Å². The van der Waals surface area contributed by atoms with Crippen LogP contribution >= 0.6 is 0 Å². The highest BCUT2D eigenvalue weighted by molar-refractivity contribution is 7.89. The van der Waals surface area contributed by atoms with Crippen molar-refractivity contribution < 1.29 is 13.2 Å². The summed E-state index contributed by atoms with van der Waals surface area (Å²) >= 11 is 0. The molecule has 1 aromatic carbocycles. The molecular formula is C15H26N2O3S. The Morgan fingerprint density at radius 2 is 1.76 bits per heavy atom. The number of hydrogen-bond acceptors (Lipinski definition) is 4. The second kappa shape index (κ2) is 7.13. The van der Waals surface area contributed by atoms with Gasteiger partial charge < -0.3 is 10.5 Å². The Kier molecular flexibility index (Phi) is 6.04. The lowest BCUT2D eigenvalue weighted by molar-refractivity contribution is 0.289. The van der Waals surface area contributed by atoms with Crippen molar-refractivity contribution in [2.75, 3.05) is 19.4 Å². The fourth-order valence-corrected chi connectivity index (χ4v) is 3.52. The van der Waals surface area contributed by atoms with Crippen LogP contribution in [0.2, 0.25) is 0 Å². The van der Waals surface area contributed by atoms with Crippen molar-refractivity contribution in [1.82, 2.24) is 4.72 Å². The van der Waals surface area contributed by atoms with E-state index in [1.807, 2.05) is 0 Å². The zero-order chi connectivity index (χ0) is 16.2. The van der Waals surface area contributed by atoms with Gasteiger partial charge in [-0.15, -0.1) is 0 Å². The predicted molar refractivity (Wildman–Crippen MR) is 85.8 cm³/mol. The topological polar surface area (TPSA) is 81.4 Å². The first kappa shape index (κ1) is 17.8. The van der Waals surface area contributed by atoms with E-state index in [1.165, 1.54) is 19.2 Å². The molecule has 6 heteroatoms. The Hall–Kier alpha value is -1.27. The third kappa shape index (κ3) is 4.61. The van der Waals surface area contributed by atoms with Gasteiger partial charge in [0.05, 0.1) is 17.7 Å². The van der Waals surface area contributed by atoms with Crippen molar-refractivity contribution in [3.05, 3.63) is 18.2 Å². The standard InChI is InChI=1S/C15H26N2O3S/c1-10(2)13(11(3)4)9-17-21(18,19)12-6-7-15(20-5)14(16)8-12/h6-8,10-11,13,17H,9,16H2,1-5H3. The van der Waals surface area contributed by atoms with Crippen LogP contribution in [0.25, 0.3) is 0 Å². The van der Waals surface area contributed by atoms with E-state index in [0.717, 1.165) is 0 Å². The van der Waals surface area contributed by atoms with Gasteiger partial charge in [-0.3, -0.25) is 0 Å². The number of benzene rings is 1. The normalized spacial score (nSPS) is 12.4. The fourth-order valence-electron chi connectivity index (χ4n) is 2.41. The van der Waals surface area contributed by atoms with Crippen LogP contribution in [0.5, 0.6) is 5.75 Å². The van der Waals surface area contributed by atoms with E-state index >= 15 is 0 Å². The van der Waals surface area contributed by atoms with Gasteiger partial charge in [-0.2, -0.15) is 0 Å². The molecule has 1 rings (SSSR count). The Morgan fingerprint density at radius 3 is 2.19 bits per heavy atom. The SMILES string of the molecule is COc1ccc(S(=O)(=O)NCC(C(C)C)C(C)C)cc1N. The van der Waals surface area contributed by atoms with Crippen LogP contribution in [0, 0.1) is 17.8 Å². The third-order valence-electron chi connectivity index (χ3n) is 3.73. The third-order valence-corrected chi connectivity index (χ3v) is 5.15. The van der Waals surface area contributed by atoms with E-state index in [4.69, 9.17) is 10.5 Å². The van der Waals surface area contributed by atoms with Crippen molar-refractivity contribution in [3.8, 4) is 5.75 Å². The molecule has 0 aromatic heterocycles. The number of sulfonamides is 1. The zero-order valence-electron chi connectivity index (χ0n) is 13.4. The number of nitrogens with two attached hydrogens (primary N) is 1. The van der Waals surface area contributed by atoms with Crippen LogP contribution in [0.15, 0.2) is 23.1 Å². The second-order valence-corrected chi connectivity index (χ2v) is 7.67. The van der Waals surface area contributed by atoms with E-state index in [9.17, 15) is 8.42 Å². The van der Waals surface area contributed by atoms with Crippen LogP contribution in [-0.2, 0) is 10.0 Å². The Morgan fingerprint density at radius 1 is 1.19 bits per heavy atom. The van der Waals surface area contributed by atoms with Crippen LogP contribution < -0.4 is 15.2 Å². The van der Waals surface area contributed by atoms with Gasteiger partial charge in [0.15, 0.2) is 0 Å². The first-order valence-electron chi connectivity index (χ1n) is 7.12. The minimum atomic E-state index is -3.56. The summed E-state index contributed by atoms with van der Waals surface area (Å²) in [7, 11) is -2.06. The molecule has 120 valence electrons. The van der Waals surface area contributed by atoms with E-state index in [0.29, 0.717) is 29.8 Å². The van der Waals surface area contributed by atoms with E-state index in [2.05, 4.69) is 32.4 Å². The van der Waals surface area contributed by atoms with Gasteiger partial charge in [-0.05, 0) is 36.0 Å². The Balaban J connectivity index is 2.89. The highest BCUT2D eigenvalue weighted by atomic mass is 32.2. The first-order chi connectivity index (χ1) is 9.69. The van der Waals surface area contributed by atoms with Crippen molar-refractivity contribution in [2.24, 2.45) is 17.8 Å². The maximum absolute atomic E-state index is 12.3. The summed E-state index contributed by atoms with van der Waals surface area (Å²) in [4.78, 5) is 0.159. The average molecular weight is 314 g/mol. The minimum absolute atomic E-state index is 0.159. The fraction of sp³-hybridized carbons (Fsp3) is 0.600. The zero-order valence-corrected chi connectivity index (χ0v) is 14.2. The first-order valence-corrected chi connectivity index (χ1v) is 8.60. The lowest BCUT2D eigenvalue weighted by atomic mass is 9.86. The number of rotatable bonds is 7. The average Bonchev–Trinajstić information content (AvgIpc) is 2.37. The molecule has 0 amide bonds. The number of ether oxygens (including phenoxy) is 1. The molecule has 0 aliphatic rings. The summed E-state index contributed by atoms with van der Waals surface area (Å²) in [5.74, 6) is 1.58. The molecule has 0 heterocycles. The molecule has 0 aliphatic heterocycles. The predicted octanol–water partition coefficient (Wildman–Crippen LogP) is 2.48. The van der Waals surface area contributed by atoms with Crippen LogP contribution in [0.3, 0.4) is 0 Å². The summed E-state index contributed by atoms with van der Waals surface area (Å²) in [6.45, 7) is 8.83. The second-order valence-electron chi connectivity index (χ2n) is 5.91. The molecule has 0 atom stereocenters. The van der Waals surface area contributed by atoms with Gasteiger partial charge in [0.25, 0.3) is 0 Å². The van der Waals surface area contributed by atoms with Crippen LogP contribution in [-0.4, -0.2) is 22.1 Å². The smallest absolute Gasteiger partial charge is 0.240 e. The van der Waals surface area contributed by atoms with Gasteiger partial charge >= 0.3 is 0 Å². The molecule has 0 aliphatic carbocycles. The molecule has 0 fully saturated rings. The summed E-state index contributed by atoms with van der Waals surface area (Å²) in [6, 6.07) is 4.48. The van der Waals surface area contributed by atoms with Gasteiger partial charge in [-0.25, -0.2) is 13.1 Å². The number of nitrogen functional groups attached to an aromatic ring is 1. The minimum Gasteiger partial charge on any atom is -0.495 e. The molecular weight excluding hydrogens is 288 g/mol. The van der Waals surface area contributed by atoms with Crippen molar-refractivity contribution in [2.45, 2.75) is 32.6 Å². The quantitative estimate of drug-likeness (QED) is 0.758. The van der Waals surface area contributed by atoms with E-state index < -0.39 is 10.0 Å². The molecule has 0 saturated carbocycles. The van der Waals surface area contributed by atoms with E-state index in [1.54, 1.807) is 6.07 Å². The van der Waals surface area contributed by atoms with Crippen molar-refractivity contribution in [1.29, 1.82) is 0 Å². The van der Waals surface area contributed by atoms with Crippen molar-refractivity contribution in [3.63, 3.8) is 0 Å². The highest BCUT2D eigenvalue weighted by Gasteiger charge is 2.22. The molecule has 0 unspecified atom stereocenters. The molecule has 0 radical (unpaired) electrons. The summed E-state index contributed by atoms with van der Waals surface area (Å²) in [5.41, 5.74) is 6.07. The Labute approximate surface area is 127 Å².